The van der Waals surface area contributed by atoms with E-state index in [0.29, 0.717) is 23.1 Å². The maximum atomic E-state index is 12.1. The lowest BCUT2D eigenvalue weighted by molar-refractivity contribution is -0.402. The van der Waals surface area contributed by atoms with Crippen LogP contribution in [-0.2, 0) is 0 Å². The van der Waals surface area contributed by atoms with Gasteiger partial charge in [-0.2, -0.15) is 0 Å². The molecular weight excluding hydrogens is 404 g/mol. The first-order valence-electron chi connectivity index (χ1n) is 9.09. The molecule has 3 aromatic heterocycles. The van der Waals surface area contributed by atoms with E-state index in [4.69, 9.17) is 9.15 Å². The van der Waals surface area contributed by atoms with Crippen molar-refractivity contribution in [1.29, 1.82) is 0 Å². The molecule has 0 saturated carbocycles. The number of nitrogens with zero attached hydrogens (tertiary/aromatic N) is 5. The maximum Gasteiger partial charge on any atom is 0.433 e. The number of nitro groups is 1. The van der Waals surface area contributed by atoms with Crippen molar-refractivity contribution in [1.82, 2.24) is 19.7 Å². The van der Waals surface area contributed by atoms with Gasteiger partial charge in [-0.3, -0.25) is 19.5 Å². The molecule has 0 aliphatic heterocycles. The highest BCUT2D eigenvalue weighted by atomic mass is 16.6. The summed E-state index contributed by atoms with van der Waals surface area (Å²) in [7, 11) is 0. The molecule has 0 bridgehead atoms. The van der Waals surface area contributed by atoms with Gasteiger partial charge >= 0.3 is 5.88 Å². The third-order valence-corrected chi connectivity index (χ3v) is 4.45. The van der Waals surface area contributed by atoms with Crippen LogP contribution in [0.15, 0.2) is 59.3 Å². The van der Waals surface area contributed by atoms with Gasteiger partial charge in [0.1, 0.15) is 17.0 Å². The van der Waals surface area contributed by atoms with Crippen LogP contribution in [0.4, 0.5) is 11.6 Å². The molecule has 0 fully saturated rings. The lowest BCUT2D eigenvalue weighted by Crippen LogP contribution is -2.10. The number of hydrogen-bond acceptors (Lipinski definition) is 8. The lowest BCUT2D eigenvalue weighted by Gasteiger charge is -2.08. The monoisotopic (exact) mass is 420 g/mol. The number of ether oxygens (including phenoxy) is 1. The molecule has 31 heavy (non-hydrogen) atoms. The van der Waals surface area contributed by atoms with Crippen molar-refractivity contribution in [2.45, 2.75) is 13.8 Å². The second kappa shape index (κ2) is 8.06. The quantitative estimate of drug-likeness (QED) is 0.367. The fourth-order valence-corrected chi connectivity index (χ4v) is 2.69. The summed E-state index contributed by atoms with van der Waals surface area (Å²) >= 11 is 0. The van der Waals surface area contributed by atoms with Crippen LogP contribution in [-0.4, -0.2) is 30.6 Å². The number of aromatic nitrogens is 4. The Morgan fingerprint density at radius 2 is 1.87 bits per heavy atom. The number of carbonyl (C=O) groups excluding carboxylic acids is 1. The zero-order valence-electron chi connectivity index (χ0n) is 16.5. The molecule has 0 saturated heterocycles. The van der Waals surface area contributed by atoms with Crippen molar-refractivity contribution in [3.8, 4) is 17.4 Å². The van der Waals surface area contributed by atoms with Gasteiger partial charge in [0, 0.05) is 17.4 Å². The molecule has 156 valence electrons. The number of aryl methyl sites for hydroxylation is 1. The minimum Gasteiger partial charge on any atom is -0.438 e. The van der Waals surface area contributed by atoms with Crippen LogP contribution in [0.3, 0.4) is 0 Å². The lowest BCUT2D eigenvalue weighted by atomic mass is 10.3. The Hall–Kier alpha value is -4.54. The van der Waals surface area contributed by atoms with E-state index in [1.165, 1.54) is 6.07 Å². The molecule has 3 heterocycles. The Labute approximate surface area is 175 Å². The molecule has 11 heteroatoms. The molecule has 1 N–H and O–H groups in total. The predicted molar refractivity (Wildman–Crippen MR) is 108 cm³/mol. The molecule has 4 aromatic rings. The van der Waals surface area contributed by atoms with Gasteiger partial charge in [-0.25, -0.2) is 4.98 Å². The van der Waals surface area contributed by atoms with Crippen LogP contribution in [0.2, 0.25) is 0 Å². The summed E-state index contributed by atoms with van der Waals surface area (Å²) in [4.78, 5) is 26.3. The van der Waals surface area contributed by atoms with E-state index < -0.39 is 16.7 Å². The fourth-order valence-electron chi connectivity index (χ4n) is 2.69. The van der Waals surface area contributed by atoms with Gasteiger partial charge in [-0.05, 0) is 50.2 Å². The third kappa shape index (κ3) is 4.24. The van der Waals surface area contributed by atoms with Crippen molar-refractivity contribution >= 4 is 17.5 Å². The molecule has 4 rings (SSSR count). The van der Waals surface area contributed by atoms with Gasteiger partial charge in [-0.15, -0.1) is 10.2 Å². The van der Waals surface area contributed by atoms with E-state index in [9.17, 15) is 14.9 Å². The number of anilines is 1. The van der Waals surface area contributed by atoms with E-state index in [2.05, 4.69) is 20.5 Å². The van der Waals surface area contributed by atoms with Crippen LogP contribution in [0.1, 0.15) is 21.9 Å². The van der Waals surface area contributed by atoms with Gasteiger partial charge in [-0.1, -0.05) is 0 Å². The first-order chi connectivity index (χ1) is 14.9. The molecule has 1 amide bonds. The molecule has 0 aliphatic rings. The molecule has 1 aromatic carbocycles. The van der Waals surface area contributed by atoms with Gasteiger partial charge in [0.15, 0.2) is 11.6 Å². The molecule has 11 nitrogen and oxygen atoms in total. The highest BCUT2D eigenvalue weighted by Crippen LogP contribution is 2.23. The van der Waals surface area contributed by atoms with Crippen molar-refractivity contribution in [3.63, 3.8) is 0 Å². The summed E-state index contributed by atoms with van der Waals surface area (Å²) in [5, 5.41) is 21.5. The van der Waals surface area contributed by atoms with E-state index in [0.717, 1.165) is 17.5 Å². The number of amides is 1. The standard InChI is InChI=1S/C20H16N6O5/c1-12-13(2)25(11-21-12)17-8-9-18(24-23-17)30-15-5-3-14(4-6-15)22-20(27)16-7-10-19(31-16)26(28)29/h3-11H,1-2H3,(H,22,27). The van der Waals surface area contributed by atoms with Crippen LogP contribution in [0, 0.1) is 24.0 Å². The number of rotatable bonds is 6. The van der Waals surface area contributed by atoms with E-state index in [-0.39, 0.29) is 5.76 Å². The Kier molecular flexibility index (Phi) is 5.14. The largest absolute Gasteiger partial charge is 0.438 e. The summed E-state index contributed by atoms with van der Waals surface area (Å²) in [6.45, 7) is 3.86. The second-order valence-electron chi connectivity index (χ2n) is 6.49. The number of benzene rings is 1. The highest BCUT2D eigenvalue weighted by molar-refractivity contribution is 6.02. The first kappa shape index (κ1) is 19.8. The van der Waals surface area contributed by atoms with E-state index >= 15 is 0 Å². The van der Waals surface area contributed by atoms with E-state index in [1.54, 1.807) is 42.7 Å². The molecule has 0 radical (unpaired) electrons. The van der Waals surface area contributed by atoms with Gasteiger partial charge < -0.3 is 14.5 Å². The van der Waals surface area contributed by atoms with Crippen molar-refractivity contribution in [2.75, 3.05) is 5.32 Å². The van der Waals surface area contributed by atoms with Crippen LogP contribution < -0.4 is 10.1 Å². The summed E-state index contributed by atoms with van der Waals surface area (Å²) in [5.74, 6) is 0.154. The van der Waals surface area contributed by atoms with E-state index in [1.807, 2.05) is 18.4 Å². The Morgan fingerprint density at radius 1 is 1.10 bits per heavy atom. The molecular formula is C20H16N6O5. The Balaban J connectivity index is 1.39. The number of furan rings is 1. The third-order valence-electron chi connectivity index (χ3n) is 4.45. The molecule has 0 atom stereocenters. The fraction of sp³-hybridized carbons (Fsp3) is 0.100. The summed E-state index contributed by atoms with van der Waals surface area (Å²) in [6.07, 6.45) is 1.68. The van der Waals surface area contributed by atoms with Crippen molar-refractivity contribution < 1.29 is 18.9 Å². The summed E-state index contributed by atoms with van der Waals surface area (Å²) in [5.41, 5.74) is 2.35. The smallest absolute Gasteiger partial charge is 0.433 e. The molecule has 0 aliphatic carbocycles. The van der Waals surface area contributed by atoms with Crippen LogP contribution in [0.25, 0.3) is 5.82 Å². The van der Waals surface area contributed by atoms with Crippen LogP contribution >= 0.6 is 0 Å². The average Bonchev–Trinajstić information content (AvgIpc) is 3.38. The average molecular weight is 420 g/mol. The Morgan fingerprint density at radius 3 is 2.45 bits per heavy atom. The minimum absolute atomic E-state index is 0.161. The summed E-state index contributed by atoms with van der Waals surface area (Å²) < 4.78 is 12.4. The zero-order chi connectivity index (χ0) is 22.0. The summed E-state index contributed by atoms with van der Waals surface area (Å²) in [6, 6.07) is 12.3. The number of hydrogen-bond donors (Lipinski definition) is 1. The number of nitrogens with one attached hydrogen (secondary N) is 1. The second-order valence-corrected chi connectivity index (χ2v) is 6.49. The predicted octanol–water partition coefficient (Wildman–Crippen LogP) is 3.82. The number of carbonyl (C=O) groups is 1. The Bertz CT molecular complexity index is 1240. The SMILES string of the molecule is Cc1ncn(-c2ccc(Oc3ccc(NC(=O)c4ccc([N+](=O)[O-])o4)cc3)nn2)c1C. The highest BCUT2D eigenvalue weighted by Gasteiger charge is 2.17. The van der Waals surface area contributed by atoms with Gasteiger partial charge in [0.05, 0.1) is 11.8 Å². The number of imidazole rings is 1. The first-order valence-corrected chi connectivity index (χ1v) is 9.09. The minimum atomic E-state index is -0.712. The van der Waals surface area contributed by atoms with Gasteiger partial charge in [0.25, 0.3) is 5.91 Å². The van der Waals surface area contributed by atoms with Crippen LogP contribution in [0.5, 0.6) is 11.6 Å². The van der Waals surface area contributed by atoms with Crippen molar-refractivity contribution in [2.24, 2.45) is 0 Å². The normalized spacial score (nSPS) is 10.6. The molecule has 0 spiro atoms. The zero-order valence-corrected chi connectivity index (χ0v) is 16.5. The van der Waals surface area contributed by atoms with Gasteiger partial charge in [0.2, 0.25) is 5.88 Å². The van der Waals surface area contributed by atoms with Crippen molar-refractivity contribution in [3.05, 3.63) is 82.1 Å². The topological polar surface area (TPSA) is 138 Å². The maximum absolute atomic E-state index is 12.1. The molecule has 0 unspecified atom stereocenters.